The van der Waals surface area contributed by atoms with Gasteiger partial charge in [0.25, 0.3) is 0 Å². The van der Waals surface area contributed by atoms with E-state index in [1.807, 2.05) is 6.07 Å². The average Bonchev–Trinajstić information content (AvgIpc) is 2.92. The van der Waals surface area contributed by atoms with Gasteiger partial charge in [-0.05, 0) is 6.92 Å². The molecule has 1 aromatic heterocycles. The molecule has 2 aromatic rings. The van der Waals surface area contributed by atoms with Crippen LogP contribution in [0.3, 0.4) is 0 Å². The Morgan fingerprint density at radius 3 is 2.50 bits per heavy atom. The number of rotatable bonds is 4. The van der Waals surface area contributed by atoms with Gasteiger partial charge in [0.15, 0.2) is 5.76 Å². The van der Waals surface area contributed by atoms with Crippen LogP contribution in [-0.4, -0.2) is 30.8 Å². The van der Waals surface area contributed by atoms with E-state index in [0.717, 1.165) is 0 Å². The Labute approximate surface area is 115 Å². The third-order valence-electron chi connectivity index (χ3n) is 2.59. The summed E-state index contributed by atoms with van der Waals surface area (Å²) in [7, 11) is 1.20. The molecule has 1 heterocycles. The Bertz CT molecular complexity index is 618. The maximum atomic E-state index is 12.0. The summed E-state index contributed by atoms with van der Waals surface area (Å²) < 4.78 is 14.6. The summed E-state index contributed by atoms with van der Waals surface area (Å²) in [6.45, 7) is 1.85. The Kier molecular flexibility index (Phi) is 4.14. The van der Waals surface area contributed by atoms with Crippen molar-refractivity contribution in [3.8, 4) is 11.3 Å². The SMILES string of the molecule is CCOC(=O)c1c(C(=O)OC)noc1-c1ccccc1. The highest BCUT2D eigenvalue weighted by Gasteiger charge is 2.29. The van der Waals surface area contributed by atoms with Gasteiger partial charge < -0.3 is 14.0 Å². The Morgan fingerprint density at radius 2 is 1.90 bits per heavy atom. The lowest BCUT2D eigenvalue weighted by Gasteiger charge is -2.03. The summed E-state index contributed by atoms with van der Waals surface area (Å²) in [4.78, 5) is 23.6. The number of carbonyl (C=O) groups excluding carboxylic acids is 2. The average molecular weight is 275 g/mol. The highest BCUT2D eigenvalue weighted by Crippen LogP contribution is 2.27. The van der Waals surface area contributed by atoms with Crippen LogP contribution in [-0.2, 0) is 9.47 Å². The van der Waals surface area contributed by atoms with Crippen molar-refractivity contribution < 1.29 is 23.6 Å². The molecule has 0 amide bonds. The number of nitrogens with zero attached hydrogens (tertiary/aromatic N) is 1. The molecule has 6 nitrogen and oxygen atoms in total. The number of ether oxygens (including phenoxy) is 2. The number of benzene rings is 1. The fraction of sp³-hybridized carbons (Fsp3) is 0.214. The van der Waals surface area contributed by atoms with E-state index >= 15 is 0 Å². The van der Waals surface area contributed by atoms with Gasteiger partial charge in [0.1, 0.15) is 5.56 Å². The first-order chi connectivity index (χ1) is 9.69. The third kappa shape index (κ3) is 2.54. The largest absolute Gasteiger partial charge is 0.464 e. The van der Waals surface area contributed by atoms with Gasteiger partial charge in [0, 0.05) is 5.56 Å². The second kappa shape index (κ2) is 6.01. The molecule has 6 heteroatoms. The van der Waals surface area contributed by atoms with E-state index in [4.69, 9.17) is 9.26 Å². The second-order valence-corrected chi connectivity index (χ2v) is 3.81. The van der Waals surface area contributed by atoms with Gasteiger partial charge in [0.05, 0.1) is 13.7 Å². The van der Waals surface area contributed by atoms with Crippen molar-refractivity contribution in [3.63, 3.8) is 0 Å². The van der Waals surface area contributed by atoms with Crippen LogP contribution in [0, 0.1) is 0 Å². The van der Waals surface area contributed by atoms with Gasteiger partial charge >= 0.3 is 11.9 Å². The Hall–Kier alpha value is -2.63. The lowest BCUT2D eigenvalue weighted by Crippen LogP contribution is -2.12. The molecule has 0 saturated carbocycles. The van der Waals surface area contributed by atoms with Gasteiger partial charge in [0.2, 0.25) is 5.69 Å². The number of hydrogen-bond acceptors (Lipinski definition) is 6. The standard InChI is InChI=1S/C14H13NO5/c1-3-19-13(16)10-11(14(17)18-2)15-20-12(10)9-7-5-4-6-8-9/h4-8H,3H2,1-2H3. The van der Waals surface area contributed by atoms with E-state index in [1.165, 1.54) is 7.11 Å². The van der Waals surface area contributed by atoms with Gasteiger partial charge in [-0.2, -0.15) is 0 Å². The monoisotopic (exact) mass is 275 g/mol. The number of esters is 2. The quantitative estimate of drug-likeness (QED) is 0.797. The normalized spacial score (nSPS) is 10.1. The third-order valence-corrected chi connectivity index (χ3v) is 2.59. The minimum atomic E-state index is -0.751. The molecule has 0 bridgehead atoms. The van der Waals surface area contributed by atoms with Crippen LogP contribution in [0.2, 0.25) is 0 Å². The summed E-state index contributed by atoms with van der Waals surface area (Å²) in [6, 6.07) is 8.87. The van der Waals surface area contributed by atoms with Crippen molar-refractivity contribution in [2.24, 2.45) is 0 Å². The molecule has 0 unspecified atom stereocenters. The number of carbonyl (C=O) groups is 2. The zero-order valence-electron chi connectivity index (χ0n) is 11.1. The highest BCUT2D eigenvalue weighted by atomic mass is 16.5. The van der Waals surface area contributed by atoms with E-state index in [1.54, 1.807) is 31.2 Å². The molecule has 0 aliphatic rings. The summed E-state index contributed by atoms with van der Waals surface area (Å²) in [6.07, 6.45) is 0. The minimum Gasteiger partial charge on any atom is -0.464 e. The molecule has 104 valence electrons. The highest BCUT2D eigenvalue weighted by molar-refractivity contribution is 6.05. The Morgan fingerprint density at radius 1 is 1.20 bits per heavy atom. The molecule has 0 spiro atoms. The van der Waals surface area contributed by atoms with E-state index in [0.29, 0.717) is 5.56 Å². The number of aromatic nitrogens is 1. The Balaban J connectivity index is 2.55. The van der Waals surface area contributed by atoms with Gasteiger partial charge in [-0.15, -0.1) is 0 Å². The maximum Gasteiger partial charge on any atom is 0.361 e. The van der Waals surface area contributed by atoms with Crippen LogP contribution in [0.4, 0.5) is 0 Å². The van der Waals surface area contributed by atoms with Crippen molar-refractivity contribution in [2.45, 2.75) is 6.92 Å². The smallest absolute Gasteiger partial charge is 0.361 e. The van der Waals surface area contributed by atoms with Crippen molar-refractivity contribution in [1.82, 2.24) is 5.16 Å². The number of hydrogen-bond donors (Lipinski definition) is 0. The second-order valence-electron chi connectivity index (χ2n) is 3.81. The minimum absolute atomic E-state index is 0.0232. The molecular weight excluding hydrogens is 262 g/mol. The summed E-state index contributed by atoms with van der Waals surface area (Å²) in [5, 5.41) is 3.62. The van der Waals surface area contributed by atoms with E-state index in [9.17, 15) is 9.59 Å². The fourth-order valence-electron chi connectivity index (χ4n) is 1.71. The summed E-state index contributed by atoms with van der Waals surface area (Å²) in [5.41, 5.74) is 0.410. The molecule has 0 fully saturated rings. The molecule has 0 radical (unpaired) electrons. The van der Waals surface area contributed by atoms with Crippen molar-refractivity contribution in [2.75, 3.05) is 13.7 Å². The van der Waals surface area contributed by atoms with Crippen molar-refractivity contribution >= 4 is 11.9 Å². The molecule has 2 rings (SSSR count). The zero-order valence-corrected chi connectivity index (χ0v) is 11.1. The molecule has 0 atom stereocenters. The summed E-state index contributed by atoms with van der Waals surface area (Å²) >= 11 is 0. The molecule has 1 aromatic carbocycles. The van der Waals surface area contributed by atoms with Gasteiger partial charge in [-0.1, -0.05) is 35.5 Å². The first-order valence-electron chi connectivity index (χ1n) is 5.99. The van der Waals surface area contributed by atoms with Crippen molar-refractivity contribution in [3.05, 3.63) is 41.6 Å². The van der Waals surface area contributed by atoms with Crippen LogP contribution in [0.15, 0.2) is 34.9 Å². The lowest BCUT2D eigenvalue weighted by molar-refractivity contribution is 0.0503. The van der Waals surface area contributed by atoms with E-state index in [-0.39, 0.29) is 23.6 Å². The molecule has 0 N–H and O–H groups in total. The fourth-order valence-corrected chi connectivity index (χ4v) is 1.71. The van der Waals surface area contributed by atoms with Crippen LogP contribution < -0.4 is 0 Å². The first-order valence-corrected chi connectivity index (χ1v) is 5.99. The molecular formula is C14H13NO5. The first kappa shape index (κ1) is 13.8. The van der Waals surface area contributed by atoms with E-state index < -0.39 is 11.9 Å². The number of methoxy groups -OCH3 is 1. The predicted octanol–water partition coefficient (Wildman–Crippen LogP) is 2.30. The predicted molar refractivity (Wildman–Crippen MR) is 69.2 cm³/mol. The van der Waals surface area contributed by atoms with Crippen molar-refractivity contribution in [1.29, 1.82) is 0 Å². The van der Waals surface area contributed by atoms with Gasteiger partial charge in [-0.25, -0.2) is 9.59 Å². The molecule has 0 saturated heterocycles. The van der Waals surface area contributed by atoms with Crippen LogP contribution >= 0.6 is 0 Å². The van der Waals surface area contributed by atoms with Crippen LogP contribution in [0.1, 0.15) is 27.8 Å². The van der Waals surface area contributed by atoms with Gasteiger partial charge in [-0.3, -0.25) is 0 Å². The zero-order chi connectivity index (χ0) is 14.5. The maximum absolute atomic E-state index is 12.0. The van der Waals surface area contributed by atoms with Crippen LogP contribution in [0.25, 0.3) is 11.3 Å². The summed E-state index contributed by atoms with van der Waals surface area (Å²) in [5.74, 6) is -1.24. The molecule has 0 aliphatic carbocycles. The molecule has 20 heavy (non-hydrogen) atoms. The topological polar surface area (TPSA) is 78.6 Å². The molecule has 0 aliphatic heterocycles. The van der Waals surface area contributed by atoms with Crippen LogP contribution in [0.5, 0.6) is 0 Å². The lowest BCUT2D eigenvalue weighted by atomic mass is 10.1. The van der Waals surface area contributed by atoms with E-state index in [2.05, 4.69) is 9.89 Å².